The quantitative estimate of drug-likeness (QED) is 0.224. The van der Waals surface area contributed by atoms with E-state index in [9.17, 15) is 9.13 Å². The normalized spacial score (nSPS) is 13.8. The molecular weight excluding hydrogens is 450 g/mol. The van der Waals surface area contributed by atoms with Gasteiger partial charge in [0.1, 0.15) is 17.2 Å². The van der Waals surface area contributed by atoms with Gasteiger partial charge in [-0.05, 0) is 56.0 Å². The Hall–Kier alpha value is -2.30. The first-order chi connectivity index (χ1) is 14.6. The Bertz CT molecular complexity index is 1010. The van der Waals surface area contributed by atoms with E-state index < -0.39 is 29.4 Å². The first-order valence-corrected chi connectivity index (χ1v) is 16.6. The fourth-order valence-corrected chi connectivity index (χ4v) is 10.7. The lowest BCUT2D eigenvalue weighted by Crippen LogP contribution is -2.26. The predicted octanol–water partition coefficient (Wildman–Crippen LogP) is 7.42. The Morgan fingerprint density at radius 3 is 1.23 bits per heavy atom. The fraction of sp³-hybridized carbons (Fsp3) is 0.182. The zero-order valence-electron chi connectivity index (χ0n) is 17.7. The molecule has 1 atom stereocenters. The average molecular weight is 476 g/mol. The smallest absolute Gasteiger partial charge is 0.424 e. The van der Waals surface area contributed by atoms with Gasteiger partial charge in [0.25, 0.3) is 0 Å². The first kappa shape index (κ1) is 23.4. The molecule has 0 aliphatic carbocycles. The van der Waals surface area contributed by atoms with Crippen LogP contribution in [-0.4, -0.2) is 14.2 Å². The molecule has 31 heavy (non-hydrogen) atoms. The van der Waals surface area contributed by atoms with Gasteiger partial charge in [-0.25, -0.2) is 9.13 Å². The third-order valence-electron chi connectivity index (χ3n) is 3.72. The topological polar surface area (TPSA) is 71.1 Å². The summed E-state index contributed by atoms with van der Waals surface area (Å²) in [7, 11) is -10.3. The lowest BCUT2D eigenvalue weighted by Gasteiger charge is -2.29. The Kier molecular flexibility index (Phi) is 7.45. The lowest BCUT2D eigenvalue weighted by molar-refractivity contribution is 0.369. The molecule has 0 amide bonds. The number of hydrogen-bond donors (Lipinski definition) is 0. The molecule has 6 nitrogen and oxygen atoms in total. The minimum Gasteiger partial charge on any atom is -0.424 e. The van der Waals surface area contributed by atoms with Crippen molar-refractivity contribution in [3.63, 3.8) is 0 Å². The van der Waals surface area contributed by atoms with Crippen molar-refractivity contribution in [2.75, 3.05) is 5.90 Å². The minimum atomic E-state index is -4.00. The van der Waals surface area contributed by atoms with Crippen molar-refractivity contribution in [2.45, 2.75) is 19.6 Å². The summed E-state index contributed by atoms with van der Waals surface area (Å²) >= 11 is 0. The van der Waals surface area contributed by atoms with Crippen LogP contribution >= 0.6 is 15.2 Å². The van der Waals surface area contributed by atoms with E-state index in [1.54, 1.807) is 72.8 Å². The van der Waals surface area contributed by atoms with Gasteiger partial charge in [-0.1, -0.05) is 54.6 Å². The summed E-state index contributed by atoms with van der Waals surface area (Å²) in [5, 5.41) is 0. The van der Waals surface area contributed by atoms with Gasteiger partial charge in [-0.2, -0.15) is 0 Å². The summed E-state index contributed by atoms with van der Waals surface area (Å²) in [4.78, 5) is 0. The van der Waals surface area contributed by atoms with Crippen LogP contribution in [0.4, 0.5) is 0 Å². The second kappa shape index (κ2) is 9.88. The molecule has 0 saturated heterocycles. The van der Waals surface area contributed by atoms with Crippen LogP contribution in [0, 0.1) is 0 Å². The van der Waals surface area contributed by atoms with Crippen molar-refractivity contribution in [2.24, 2.45) is 0 Å². The Balaban J connectivity index is 1.96. The van der Waals surface area contributed by atoms with E-state index in [2.05, 4.69) is 0 Å². The molecule has 0 aliphatic rings. The molecule has 0 spiro atoms. The monoisotopic (exact) mass is 476 g/mol. The molecule has 0 aliphatic heterocycles. The molecule has 0 heterocycles. The third kappa shape index (κ3) is 7.71. The summed E-state index contributed by atoms with van der Waals surface area (Å²) in [6.07, 6.45) is 0. The molecule has 164 valence electrons. The maximum Gasteiger partial charge on any atom is 0.443 e. The standard InChI is InChI=1S/C22H26O6P2Si/c1-31(2,3)28-30(24,27-22-17-11-6-12-18-22)19-29(23,25-20-13-7-4-8-14-20)26-21-15-9-5-10-16-21/h4-18H,19H2,1-3H3. The van der Waals surface area contributed by atoms with Gasteiger partial charge in [0.05, 0.1) is 0 Å². The van der Waals surface area contributed by atoms with E-state index >= 15 is 0 Å². The van der Waals surface area contributed by atoms with Gasteiger partial charge < -0.3 is 17.8 Å². The molecular formula is C22H26O6P2Si. The van der Waals surface area contributed by atoms with Crippen LogP contribution in [0.15, 0.2) is 91.0 Å². The van der Waals surface area contributed by atoms with Crippen molar-refractivity contribution < 1.29 is 26.9 Å². The fourth-order valence-electron chi connectivity index (χ4n) is 2.71. The van der Waals surface area contributed by atoms with Crippen LogP contribution in [0.2, 0.25) is 19.6 Å². The summed E-state index contributed by atoms with van der Waals surface area (Å²) < 4.78 is 51.0. The van der Waals surface area contributed by atoms with E-state index in [1.807, 2.05) is 37.8 Å². The molecule has 9 heteroatoms. The molecule has 3 aromatic carbocycles. The Morgan fingerprint density at radius 1 is 0.581 bits per heavy atom. The molecule has 0 radical (unpaired) electrons. The summed E-state index contributed by atoms with van der Waals surface area (Å²) in [6.45, 7) is 5.65. The number of para-hydroxylation sites is 3. The van der Waals surface area contributed by atoms with Gasteiger partial charge in [0.2, 0.25) is 0 Å². The average Bonchev–Trinajstić information content (AvgIpc) is 2.68. The van der Waals surface area contributed by atoms with Crippen LogP contribution in [-0.2, 0) is 13.3 Å². The van der Waals surface area contributed by atoms with Crippen LogP contribution < -0.4 is 13.6 Å². The number of benzene rings is 3. The van der Waals surface area contributed by atoms with Crippen molar-refractivity contribution in [1.82, 2.24) is 0 Å². The highest BCUT2D eigenvalue weighted by Crippen LogP contribution is 2.64. The van der Waals surface area contributed by atoms with Gasteiger partial charge in [0.15, 0.2) is 14.2 Å². The van der Waals surface area contributed by atoms with Gasteiger partial charge in [-0.3, -0.25) is 0 Å². The van der Waals surface area contributed by atoms with Crippen molar-refractivity contribution in [3.05, 3.63) is 91.0 Å². The predicted molar refractivity (Wildman–Crippen MR) is 126 cm³/mol. The zero-order chi connectivity index (χ0) is 22.4. The van der Waals surface area contributed by atoms with Crippen LogP contribution in [0.25, 0.3) is 0 Å². The van der Waals surface area contributed by atoms with E-state index in [-0.39, 0.29) is 0 Å². The summed E-state index contributed by atoms with van der Waals surface area (Å²) in [5.74, 6) is 0.486. The highest BCUT2D eigenvalue weighted by molar-refractivity contribution is 7.72. The molecule has 0 fully saturated rings. The summed E-state index contributed by atoms with van der Waals surface area (Å²) in [6, 6.07) is 25.9. The SMILES string of the molecule is C[Si](C)(C)OP(=O)(CP(=O)(Oc1ccccc1)Oc1ccccc1)Oc1ccccc1. The van der Waals surface area contributed by atoms with E-state index in [4.69, 9.17) is 17.8 Å². The van der Waals surface area contributed by atoms with Crippen LogP contribution in [0.1, 0.15) is 0 Å². The first-order valence-electron chi connectivity index (χ1n) is 9.78. The van der Waals surface area contributed by atoms with Crippen LogP contribution in [0.5, 0.6) is 17.2 Å². The molecule has 0 aromatic heterocycles. The van der Waals surface area contributed by atoms with Crippen molar-refractivity contribution in [1.29, 1.82) is 0 Å². The van der Waals surface area contributed by atoms with Crippen molar-refractivity contribution >= 4 is 23.5 Å². The molecule has 0 saturated carbocycles. The maximum atomic E-state index is 13.9. The minimum absolute atomic E-state index is 0.334. The van der Waals surface area contributed by atoms with Gasteiger partial charge in [-0.15, -0.1) is 0 Å². The van der Waals surface area contributed by atoms with E-state index in [1.165, 1.54) is 0 Å². The van der Waals surface area contributed by atoms with Crippen LogP contribution in [0.3, 0.4) is 0 Å². The van der Waals surface area contributed by atoms with E-state index in [0.717, 1.165) is 0 Å². The van der Waals surface area contributed by atoms with Crippen molar-refractivity contribution in [3.8, 4) is 17.2 Å². The number of rotatable bonds is 10. The van der Waals surface area contributed by atoms with Gasteiger partial charge >= 0.3 is 15.2 Å². The molecule has 0 N–H and O–H groups in total. The molecule has 1 unspecified atom stereocenters. The largest absolute Gasteiger partial charge is 0.443 e. The molecule has 3 rings (SSSR count). The van der Waals surface area contributed by atoms with Gasteiger partial charge in [0, 0.05) is 0 Å². The molecule has 3 aromatic rings. The molecule has 0 bridgehead atoms. The number of hydrogen-bond acceptors (Lipinski definition) is 6. The highest BCUT2D eigenvalue weighted by atomic mass is 31.2. The van der Waals surface area contributed by atoms with E-state index in [0.29, 0.717) is 17.2 Å². The highest BCUT2D eigenvalue weighted by Gasteiger charge is 2.45. The second-order valence-electron chi connectivity index (χ2n) is 7.78. The summed E-state index contributed by atoms with van der Waals surface area (Å²) in [5.41, 5.74) is 0. The lowest BCUT2D eigenvalue weighted by atomic mass is 10.3. The zero-order valence-corrected chi connectivity index (χ0v) is 20.5. The second-order valence-corrected chi connectivity index (χ2v) is 16.9. The third-order valence-corrected chi connectivity index (χ3v) is 11.3. The Morgan fingerprint density at radius 2 is 0.903 bits per heavy atom. The Labute approximate surface area is 184 Å². The maximum absolute atomic E-state index is 13.9.